The highest BCUT2D eigenvalue weighted by Gasteiger charge is 2.29. The average molecular weight is 279 g/mol. The Morgan fingerprint density at radius 1 is 1.15 bits per heavy atom. The summed E-state index contributed by atoms with van der Waals surface area (Å²) in [5.41, 5.74) is 2.31. The van der Waals surface area contributed by atoms with Crippen molar-refractivity contribution in [1.82, 2.24) is 5.32 Å². The van der Waals surface area contributed by atoms with Crippen molar-refractivity contribution in [2.75, 3.05) is 19.7 Å². The van der Waals surface area contributed by atoms with E-state index in [1.807, 2.05) is 26.0 Å². The number of nitrogens with one attached hydrogen (secondary N) is 1. The van der Waals surface area contributed by atoms with E-state index in [2.05, 4.69) is 11.4 Å². The fourth-order valence-electron chi connectivity index (χ4n) is 2.31. The predicted octanol–water partition coefficient (Wildman–Crippen LogP) is 1.40. The lowest BCUT2D eigenvalue weighted by Gasteiger charge is -2.15. The van der Waals surface area contributed by atoms with Gasteiger partial charge in [0.1, 0.15) is 18.5 Å². The average Bonchev–Trinajstić information content (AvgIpc) is 3.19. The molecule has 0 spiro atoms. The fourth-order valence-corrected chi connectivity index (χ4v) is 2.31. The lowest BCUT2D eigenvalue weighted by molar-refractivity contribution is 0.0966. The molecule has 4 nitrogen and oxygen atoms in total. The van der Waals surface area contributed by atoms with Crippen molar-refractivity contribution < 1.29 is 14.9 Å². The van der Waals surface area contributed by atoms with Gasteiger partial charge in [-0.3, -0.25) is 0 Å². The summed E-state index contributed by atoms with van der Waals surface area (Å²) in [6.45, 7) is 5.30. The van der Waals surface area contributed by atoms with Gasteiger partial charge in [-0.25, -0.2) is 0 Å². The molecule has 0 radical (unpaired) electrons. The molecule has 0 bridgehead atoms. The number of rotatable bonds is 8. The summed E-state index contributed by atoms with van der Waals surface area (Å²) in [4.78, 5) is 0. The number of aryl methyl sites for hydroxylation is 2. The molecular weight excluding hydrogens is 254 g/mol. The van der Waals surface area contributed by atoms with Crippen molar-refractivity contribution >= 4 is 0 Å². The third kappa shape index (κ3) is 5.12. The minimum Gasteiger partial charge on any atom is -0.491 e. The molecule has 2 atom stereocenters. The second kappa shape index (κ2) is 7.07. The Morgan fingerprint density at radius 2 is 1.80 bits per heavy atom. The molecule has 1 aromatic carbocycles. The second-order valence-corrected chi connectivity index (χ2v) is 5.85. The minimum atomic E-state index is -0.567. The number of aliphatic hydroxyl groups excluding tert-OH is 2. The van der Waals surface area contributed by atoms with Crippen molar-refractivity contribution in [1.29, 1.82) is 0 Å². The van der Waals surface area contributed by atoms with Gasteiger partial charge < -0.3 is 20.3 Å². The normalized spacial score (nSPS) is 17.8. The summed E-state index contributed by atoms with van der Waals surface area (Å²) in [7, 11) is 0. The highest BCUT2D eigenvalue weighted by atomic mass is 16.5. The highest BCUT2D eigenvalue weighted by Crippen LogP contribution is 2.32. The van der Waals surface area contributed by atoms with Crippen LogP contribution in [-0.4, -0.2) is 42.1 Å². The van der Waals surface area contributed by atoms with Crippen LogP contribution in [0.25, 0.3) is 0 Å². The van der Waals surface area contributed by atoms with E-state index in [-0.39, 0.29) is 12.7 Å². The number of hydrogen-bond donors (Lipinski definition) is 3. The largest absolute Gasteiger partial charge is 0.491 e. The maximum Gasteiger partial charge on any atom is 0.119 e. The van der Waals surface area contributed by atoms with Crippen LogP contribution >= 0.6 is 0 Å². The van der Waals surface area contributed by atoms with Gasteiger partial charge in [-0.2, -0.15) is 0 Å². The zero-order valence-corrected chi connectivity index (χ0v) is 12.3. The van der Waals surface area contributed by atoms with Crippen LogP contribution in [0.15, 0.2) is 18.2 Å². The van der Waals surface area contributed by atoms with Gasteiger partial charge in [0, 0.05) is 13.1 Å². The molecule has 2 unspecified atom stereocenters. The van der Waals surface area contributed by atoms with Gasteiger partial charge in [-0.1, -0.05) is 6.07 Å². The molecule has 1 fully saturated rings. The van der Waals surface area contributed by atoms with Crippen molar-refractivity contribution in [3.8, 4) is 5.75 Å². The molecule has 0 heterocycles. The van der Waals surface area contributed by atoms with E-state index < -0.39 is 6.10 Å². The second-order valence-electron chi connectivity index (χ2n) is 5.85. The van der Waals surface area contributed by atoms with E-state index in [0.717, 1.165) is 29.7 Å². The minimum absolute atomic E-state index is 0.259. The zero-order valence-electron chi connectivity index (χ0n) is 12.3. The monoisotopic (exact) mass is 279 g/mol. The van der Waals surface area contributed by atoms with Gasteiger partial charge in [0.15, 0.2) is 0 Å². The molecule has 3 N–H and O–H groups in total. The first-order chi connectivity index (χ1) is 9.54. The predicted molar refractivity (Wildman–Crippen MR) is 79.0 cm³/mol. The highest BCUT2D eigenvalue weighted by molar-refractivity contribution is 5.32. The van der Waals surface area contributed by atoms with Gasteiger partial charge in [0.2, 0.25) is 0 Å². The SMILES string of the molecule is Cc1cc(C)cc(OCC(O)CNCC(O)C2CC2)c1. The van der Waals surface area contributed by atoms with E-state index in [9.17, 15) is 10.2 Å². The Balaban J connectivity index is 1.64. The molecular formula is C16H25NO3. The molecule has 0 aromatic heterocycles. The molecule has 2 rings (SSSR count). The van der Waals surface area contributed by atoms with Crippen LogP contribution in [0.2, 0.25) is 0 Å². The van der Waals surface area contributed by atoms with Crippen LogP contribution in [-0.2, 0) is 0 Å². The first kappa shape index (κ1) is 15.3. The quantitative estimate of drug-likeness (QED) is 0.673. The summed E-state index contributed by atoms with van der Waals surface area (Å²) in [5, 5.41) is 22.6. The molecule has 1 aliphatic rings. The van der Waals surface area contributed by atoms with Crippen molar-refractivity contribution in [2.45, 2.75) is 38.9 Å². The third-order valence-corrected chi connectivity index (χ3v) is 3.54. The first-order valence-electron chi connectivity index (χ1n) is 7.32. The van der Waals surface area contributed by atoms with Crippen LogP contribution in [0.4, 0.5) is 0 Å². The lowest BCUT2D eigenvalue weighted by atomic mass is 10.1. The Labute approximate surface area is 120 Å². The molecule has 4 heteroatoms. The number of aliphatic hydroxyl groups is 2. The molecule has 1 aromatic rings. The molecule has 20 heavy (non-hydrogen) atoms. The van der Waals surface area contributed by atoms with Crippen molar-refractivity contribution in [3.05, 3.63) is 29.3 Å². The van der Waals surface area contributed by atoms with Gasteiger partial charge in [0.25, 0.3) is 0 Å². The van der Waals surface area contributed by atoms with E-state index in [0.29, 0.717) is 19.0 Å². The standard InChI is InChI=1S/C16H25NO3/c1-11-5-12(2)7-15(6-11)20-10-14(18)8-17-9-16(19)13-3-4-13/h5-7,13-14,16-19H,3-4,8-10H2,1-2H3. The third-order valence-electron chi connectivity index (χ3n) is 3.54. The van der Waals surface area contributed by atoms with Crippen LogP contribution in [0.3, 0.4) is 0 Å². The zero-order chi connectivity index (χ0) is 14.5. The summed E-state index contributed by atoms with van der Waals surface area (Å²) in [5.74, 6) is 1.26. The van der Waals surface area contributed by atoms with Crippen molar-refractivity contribution in [2.24, 2.45) is 5.92 Å². The molecule has 1 saturated carbocycles. The van der Waals surface area contributed by atoms with E-state index in [4.69, 9.17) is 4.74 Å². The van der Waals surface area contributed by atoms with Gasteiger partial charge in [-0.15, -0.1) is 0 Å². The number of ether oxygens (including phenoxy) is 1. The number of benzene rings is 1. The molecule has 0 aliphatic heterocycles. The summed E-state index contributed by atoms with van der Waals surface area (Å²) in [6, 6.07) is 6.01. The topological polar surface area (TPSA) is 61.7 Å². The maximum absolute atomic E-state index is 9.85. The Kier molecular flexibility index (Phi) is 5.40. The number of hydrogen-bond acceptors (Lipinski definition) is 4. The fraction of sp³-hybridized carbons (Fsp3) is 0.625. The Hall–Kier alpha value is -1.10. The van der Waals surface area contributed by atoms with Crippen molar-refractivity contribution in [3.63, 3.8) is 0 Å². The van der Waals surface area contributed by atoms with Gasteiger partial charge in [0.05, 0.1) is 6.10 Å². The smallest absolute Gasteiger partial charge is 0.119 e. The maximum atomic E-state index is 9.85. The molecule has 0 saturated heterocycles. The van der Waals surface area contributed by atoms with Crippen LogP contribution < -0.4 is 10.1 Å². The Bertz CT molecular complexity index is 411. The van der Waals surface area contributed by atoms with Crippen LogP contribution in [0, 0.1) is 19.8 Å². The van der Waals surface area contributed by atoms with Crippen LogP contribution in [0.1, 0.15) is 24.0 Å². The molecule has 0 amide bonds. The summed E-state index contributed by atoms with van der Waals surface area (Å²) < 4.78 is 5.59. The summed E-state index contributed by atoms with van der Waals surface area (Å²) >= 11 is 0. The van der Waals surface area contributed by atoms with Crippen LogP contribution in [0.5, 0.6) is 5.75 Å². The molecule has 1 aliphatic carbocycles. The first-order valence-corrected chi connectivity index (χ1v) is 7.32. The van der Waals surface area contributed by atoms with E-state index in [1.54, 1.807) is 0 Å². The lowest BCUT2D eigenvalue weighted by Crippen LogP contribution is -2.36. The Morgan fingerprint density at radius 3 is 2.40 bits per heavy atom. The summed E-state index contributed by atoms with van der Waals surface area (Å²) in [6.07, 6.45) is 1.41. The van der Waals surface area contributed by atoms with Gasteiger partial charge >= 0.3 is 0 Å². The van der Waals surface area contributed by atoms with E-state index >= 15 is 0 Å². The van der Waals surface area contributed by atoms with Gasteiger partial charge in [-0.05, 0) is 55.9 Å². The molecule has 112 valence electrons. The van der Waals surface area contributed by atoms with E-state index in [1.165, 1.54) is 0 Å².